The van der Waals surface area contributed by atoms with Gasteiger partial charge in [-0.1, -0.05) is 18.2 Å². The van der Waals surface area contributed by atoms with Gasteiger partial charge in [0.25, 0.3) is 0 Å². The van der Waals surface area contributed by atoms with Gasteiger partial charge in [-0.3, -0.25) is 14.6 Å². The summed E-state index contributed by atoms with van der Waals surface area (Å²) in [5.74, 6) is 0.632. The molecule has 5 fully saturated rings. The van der Waals surface area contributed by atoms with E-state index in [9.17, 15) is 18.0 Å². The number of carbonyl (C=O) groups is 2. The van der Waals surface area contributed by atoms with Crippen LogP contribution in [0.3, 0.4) is 0 Å². The Morgan fingerprint density at radius 3 is 2.41 bits per heavy atom. The van der Waals surface area contributed by atoms with Gasteiger partial charge in [0.2, 0.25) is 15.9 Å². The highest BCUT2D eigenvalue weighted by atomic mass is 32.2. The van der Waals surface area contributed by atoms with E-state index in [0.29, 0.717) is 43.0 Å². The number of pyridine rings is 1. The molecular weight excluding hydrogens is 450 g/mol. The quantitative estimate of drug-likeness (QED) is 0.628. The van der Waals surface area contributed by atoms with Crippen LogP contribution in [0.4, 0.5) is 0 Å². The van der Waals surface area contributed by atoms with E-state index < -0.39 is 21.0 Å². The molecule has 8 heteroatoms. The Hall–Kier alpha value is -2.32. The van der Waals surface area contributed by atoms with Crippen molar-refractivity contribution in [2.24, 2.45) is 28.4 Å². The van der Waals surface area contributed by atoms with Gasteiger partial charge in [0, 0.05) is 18.0 Å². The lowest BCUT2D eigenvalue weighted by Crippen LogP contribution is -2.62. The molecule has 5 aliphatic carbocycles. The van der Waals surface area contributed by atoms with Crippen LogP contribution in [0.2, 0.25) is 0 Å². The topological polar surface area (TPSA) is 119 Å². The first kappa shape index (κ1) is 22.2. The molecule has 2 atom stereocenters. The van der Waals surface area contributed by atoms with Crippen LogP contribution in [-0.4, -0.2) is 30.6 Å². The lowest BCUT2D eigenvalue weighted by Gasteiger charge is -2.61. The van der Waals surface area contributed by atoms with Crippen LogP contribution in [0.15, 0.2) is 41.4 Å². The number of hydrogen-bond donors (Lipinski definition) is 2. The highest BCUT2D eigenvalue weighted by Gasteiger charge is 2.61. The molecule has 5 aliphatic rings. The summed E-state index contributed by atoms with van der Waals surface area (Å²) in [5.41, 5.74) is 4.50. The van der Waals surface area contributed by atoms with Crippen molar-refractivity contribution < 1.29 is 18.0 Å². The molecule has 180 valence electrons. The third-order valence-electron chi connectivity index (χ3n) is 9.20. The van der Waals surface area contributed by atoms with Crippen LogP contribution in [0, 0.1) is 22.7 Å². The minimum atomic E-state index is -3.95. The number of nitrogens with one attached hydrogen (secondary N) is 1. The molecule has 2 unspecified atom stereocenters. The highest BCUT2D eigenvalue weighted by Crippen LogP contribution is 2.66. The van der Waals surface area contributed by atoms with Gasteiger partial charge in [-0.2, -0.15) is 4.72 Å². The number of hydrogen-bond acceptors (Lipinski definition) is 5. The van der Waals surface area contributed by atoms with E-state index in [1.807, 2.05) is 12.1 Å². The Balaban J connectivity index is 1.28. The smallest absolute Gasteiger partial charge is 0.243 e. The summed E-state index contributed by atoms with van der Waals surface area (Å²) >= 11 is 0. The number of fused-ring (bicyclic) bond motifs is 1. The second kappa shape index (κ2) is 7.34. The van der Waals surface area contributed by atoms with E-state index in [-0.39, 0.29) is 22.0 Å². The molecule has 34 heavy (non-hydrogen) atoms. The summed E-state index contributed by atoms with van der Waals surface area (Å²) in [6.07, 6.45) is 9.10. The third-order valence-corrected chi connectivity index (χ3v) is 10.8. The maximum atomic E-state index is 13.8. The number of aromatic nitrogens is 1. The molecule has 4 bridgehead atoms. The second-order valence-electron chi connectivity index (χ2n) is 11.6. The van der Waals surface area contributed by atoms with E-state index >= 15 is 0 Å². The number of amides is 1. The molecule has 1 heterocycles. The minimum absolute atomic E-state index is 0.0305. The standard InChI is InChI=1S/C26H31N3O4S/c27-23(31)25-13-17-10-18(14-25)12-24(11-17,16-25)15-21(30)26(7-3-8-26)29-34(32,33)20-6-1-4-19-5-2-9-28-22(19)20/h1-2,4-6,9,17-18,29H,3,7-8,10-16H2,(H2,27,31). The summed E-state index contributed by atoms with van der Waals surface area (Å²) in [6.45, 7) is 0. The number of nitrogens with zero attached hydrogens (tertiary/aromatic N) is 1. The second-order valence-corrected chi connectivity index (χ2v) is 13.2. The molecule has 7 nitrogen and oxygen atoms in total. The van der Waals surface area contributed by atoms with Crippen LogP contribution in [0.5, 0.6) is 0 Å². The molecule has 2 aromatic rings. The Labute approximate surface area is 199 Å². The summed E-state index contributed by atoms with van der Waals surface area (Å²) in [6, 6.07) is 8.67. The predicted octanol–water partition coefficient (Wildman–Crippen LogP) is 3.47. The van der Waals surface area contributed by atoms with Gasteiger partial charge >= 0.3 is 0 Å². The number of primary amides is 1. The molecule has 7 rings (SSSR count). The summed E-state index contributed by atoms with van der Waals surface area (Å²) in [7, 11) is -3.95. The number of para-hydroxylation sites is 1. The highest BCUT2D eigenvalue weighted by molar-refractivity contribution is 7.89. The van der Waals surface area contributed by atoms with Crippen molar-refractivity contribution in [1.29, 1.82) is 0 Å². The fourth-order valence-corrected chi connectivity index (χ4v) is 9.66. The van der Waals surface area contributed by atoms with Crippen molar-refractivity contribution in [3.63, 3.8) is 0 Å². The van der Waals surface area contributed by atoms with Gasteiger partial charge in [0.05, 0.1) is 16.5 Å². The first-order valence-corrected chi connectivity index (χ1v) is 13.8. The number of carbonyl (C=O) groups excluding carboxylic acids is 2. The number of benzene rings is 1. The zero-order valence-electron chi connectivity index (χ0n) is 19.3. The van der Waals surface area contributed by atoms with E-state index in [4.69, 9.17) is 5.73 Å². The molecule has 1 amide bonds. The SMILES string of the molecule is NC(=O)C12CC3CC(CC(CC(=O)C4(NS(=O)(=O)c5cccc6cccnc56)CCC4)(C3)C1)C2. The van der Waals surface area contributed by atoms with Gasteiger partial charge in [-0.15, -0.1) is 0 Å². The van der Waals surface area contributed by atoms with E-state index in [1.165, 1.54) is 0 Å². The van der Waals surface area contributed by atoms with Gasteiger partial charge in [-0.25, -0.2) is 8.42 Å². The van der Waals surface area contributed by atoms with Crippen LogP contribution >= 0.6 is 0 Å². The molecule has 1 aromatic heterocycles. The van der Waals surface area contributed by atoms with Crippen molar-refractivity contribution in [2.75, 3.05) is 0 Å². The zero-order valence-corrected chi connectivity index (χ0v) is 20.1. The van der Waals surface area contributed by atoms with Gasteiger partial charge in [0.15, 0.2) is 5.78 Å². The van der Waals surface area contributed by atoms with Gasteiger partial charge in [-0.05, 0) is 87.2 Å². The molecule has 1 aromatic carbocycles. The van der Waals surface area contributed by atoms with Crippen molar-refractivity contribution >= 4 is 32.6 Å². The number of nitrogens with two attached hydrogens (primary N) is 1. The molecule has 0 aliphatic heterocycles. The van der Waals surface area contributed by atoms with Crippen molar-refractivity contribution in [2.45, 2.75) is 74.6 Å². The first-order chi connectivity index (χ1) is 16.1. The molecule has 0 saturated heterocycles. The third kappa shape index (κ3) is 3.33. The number of rotatable bonds is 7. The van der Waals surface area contributed by atoms with E-state index in [2.05, 4.69) is 9.71 Å². The minimum Gasteiger partial charge on any atom is -0.369 e. The van der Waals surface area contributed by atoms with E-state index in [0.717, 1.165) is 43.9 Å². The van der Waals surface area contributed by atoms with Crippen LogP contribution in [0.25, 0.3) is 10.9 Å². The average Bonchev–Trinajstić information content (AvgIpc) is 2.74. The maximum absolute atomic E-state index is 13.8. The Bertz CT molecular complexity index is 1280. The summed E-state index contributed by atoms with van der Waals surface area (Å²) in [5, 5.41) is 0.740. The predicted molar refractivity (Wildman–Crippen MR) is 127 cm³/mol. The first-order valence-electron chi connectivity index (χ1n) is 12.4. The molecule has 0 spiro atoms. The van der Waals surface area contributed by atoms with Crippen LogP contribution in [-0.2, 0) is 19.6 Å². The van der Waals surface area contributed by atoms with Crippen molar-refractivity contribution in [3.8, 4) is 0 Å². The van der Waals surface area contributed by atoms with E-state index in [1.54, 1.807) is 24.4 Å². The zero-order chi connectivity index (χ0) is 23.8. The maximum Gasteiger partial charge on any atom is 0.243 e. The molecule has 0 radical (unpaired) electrons. The number of sulfonamides is 1. The van der Waals surface area contributed by atoms with Crippen molar-refractivity contribution in [1.82, 2.24) is 9.71 Å². The Morgan fingerprint density at radius 1 is 1.06 bits per heavy atom. The monoisotopic (exact) mass is 481 g/mol. The van der Waals surface area contributed by atoms with Gasteiger partial charge in [0.1, 0.15) is 4.90 Å². The summed E-state index contributed by atoms with van der Waals surface area (Å²) in [4.78, 5) is 30.6. The van der Waals surface area contributed by atoms with Crippen LogP contribution < -0.4 is 10.5 Å². The largest absolute Gasteiger partial charge is 0.369 e. The Kier molecular flexibility index (Phi) is 4.78. The fourth-order valence-electron chi connectivity index (χ4n) is 8.03. The lowest BCUT2D eigenvalue weighted by atomic mass is 9.43. The van der Waals surface area contributed by atoms with Crippen LogP contribution in [0.1, 0.15) is 64.2 Å². The average molecular weight is 482 g/mol. The number of ketones is 1. The summed E-state index contributed by atoms with van der Waals surface area (Å²) < 4.78 is 29.8. The molecule has 5 saturated carbocycles. The molecular formula is C26H31N3O4S. The van der Waals surface area contributed by atoms with Gasteiger partial charge < -0.3 is 5.73 Å². The lowest BCUT2D eigenvalue weighted by molar-refractivity contribution is -0.159. The number of Topliss-reactive ketones (excluding diaryl/α,β-unsaturated/α-hetero) is 1. The Morgan fingerprint density at radius 2 is 1.76 bits per heavy atom. The fraction of sp³-hybridized carbons (Fsp3) is 0.577. The normalized spacial score (nSPS) is 33.5. The molecule has 3 N–H and O–H groups in total. The van der Waals surface area contributed by atoms with Crippen molar-refractivity contribution in [3.05, 3.63) is 36.5 Å².